The van der Waals surface area contributed by atoms with E-state index in [0.29, 0.717) is 17.0 Å². The number of nitrogens with one attached hydrogen (secondary N) is 1. The van der Waals surface area contributed by atoms with Crippen LogP contribution in [0.15, 0.2) is 48.5 Å². The first-order chi connectivity index (χ1) is 12.5. The van der Waals surface area contributed by atoms with Gasteiger partial charge in [-0.2, -0.15) is 11.8 Å². The summed E-state index contributed by atoms with van der Waals surface area (Å²) in [6, 6.07) is 13.7. The average molecular weight is 392 g/mol. The minimum atomic E-state index is -0.678. The van der Waals surface area contributed by atoms with Crippen molar-refractivity contribution in [2.24, 2.45) is 0 Å². The van der Waals surface area contributed by atoms with E-state index in [9.17, 15) is 9.59 Å². The van der Waals surface area contributed by atoms with Gasteiger partial charge in [0.15, 0.2) is 0 Å². The maximum Gasteiger partial charge on any atom is 0.329 e. The molecule has 0 aliphatic heterocycles. The number of esters is 1. The lowest BCUT2D eigenvalue weighted by Crippen LogP contribution is -2.42. The molecule has 0 saturated heterocycles. The lowest BCUT2D eigenvalue weighted by atomic mass is 10.1. The third kappa shape index (κ3) is 6.39. The first-order valence-electron chi connectivity index (χ1n) is 8.27. The first kappa shape index (κ1) is 20.3. The molecule has 2 rings (SSSR count). The molecule has 0 radical (unpaired) electrons. The molecule has 4 nitrogen and oxygen atoms in total. The highest BCUT2D eigenvalue weighted by atomic mass is 35.5. The van der Waals surface area contributed by atoms with Gasteiger partial charge in [0.05, 0.1) is 0 Å². The standard InChI is InChI=1S/C20H22ClNO3S/c1-14-4-3-5-16(12-14)19(23)22-18(10-11-26-2)20(24)25-13-15-6-8-17(21)9-7-15/h3-9,12,18H,10-11,13H2,1-2H3,(H,22,23)/t18-/m0/s1. The molecule has 1 atom stereocenters. The minimum Gasteiger partial charge on any atom is -0.459 e. The summed E-state index contributed by atoms with van der Waals surface area (Å²) in [4.78, 5) is 24.9. The monoisotopic (exact) mass is 391 g/mol. The second-order valence-electron chi connectivity index (χ2n) is 5.91. The number of halogens is 1. The van der Waals surface area contributed by atoms with Crippen molar-refractivity contribution in [1.29, 1.82) is 0 Å². The molecule has 0 aliphatic rings. The highest BCUT2D eigenvalue weighted by Crippen LogP contribution is 2.12. The maximum absolute atomic E-state index is 12.5. The van der Waals surface area contributed by atoms with E-state index in [4.69, 9.17) is 16.3 Å². The van der Waals surface area contributed by atoms with Crippen molar-refractivity contribution in [2.75, 3.05) is 12.0 Å². The third-order valence-corrected chi connectivity index (χ3v) is 4.67. The van der Waals surface area contributed by atoms with E-state index < -0.39 is 12.0 Å². The summed E-state index contributed by atoms with van der Waals surface area (Å²) in [6.07, 6.45) is 2.47. The fourth-order valence-electron chi connectivity index (χ4n) is 2.35. The quantitative estimate of drug-likeness (QED) is 0.683. The number of aryl methyl sites for hydroxylation is 1. The summed E-state index contributed by atoms with van der Waals surface area (Å²) in [6.45, 7) is 2.06. The Morgan fingerprint density at radius 1 is 1.19 bits per heavy atom. The Kier molecular flexibility index (Phi) is 8.01. The van der Waals surface area contributed by atoms with E-state index in [0.717, 1.165) is 16.9 Å². The zero-order valence-electron chi connectivity index (χ0n) is 14.8. The van der Waals surface area contributed by atoms with Crippen LogP contribution in [-0.2, 0) is 16.1 Å². The molecule has 1 amide bonds. The van der Waals surface area contributed by atoms with E-state index in [2.05, 4.69) is 5.32 Å². The number of benzene rings is 2. The minimum absolute atomic E-state index is 0.145. The van der Waals surface area contributed by atoms with Gasteiger partial charge in [-0.1, -0.05) is 41.4 Å². The summed E-state index contributed by atoms with van der Waals surface area (Å²) < 4.78 is 5.38. The van der Waals surface area contributed by atoms with E-state index in [1.807, 2.05) is 25.3 Å². The van der Waals surface area contributed by atoms with Crippen LogP contribution in [0.5, 0.6) is 0 Å². The number of carbonyl (C=O) groups is 2. The predicted molar refractivity (Wildman–Crippen MR) is 107 cm³/mol. The van der Waals surface area contributed by atoms with Crippen molar-refractivity contribution in [3.63, 3.8) is 0 Å². The number of hydrogen-bond donors (Lipinski definition) is 1. The summed E-state index contributed by atoms with van der Waals surface area (Å²) in [7, 11) is 0. The third-order valence-electron chi connectivity index (χ3n) is 3.78. The molecule has 2 aromatic rings. The molecule has 2 aromatic carbocycles. The van der Waals surface area contributed by atoms with Gasteiger partial charge in [0, 0.05) is 10.6 Å². The van der Waals surface area contributed by atoms with Crippen molar-refractivity contribution in [2.45, 2.75) is 26.0 Å². The zero-order valence-corrected chi connectivity index (χ0v) is 16.4. The first-order valence-corrected chi connectivity index (χ1v) is 10.0. The molecule has 26 heavy (non-hydrogen) atoms. The molecule has 0 bridgehead atoms. The number of amides is 1. The number of rotatable bonds is 8. The fourth-order valence-corrected chi connectivity index (χ4v) is 2.95. The molecular formula is C20H22ClNO3S. The van der Waals surface area contributed by atoms with Crippen LogP contribution in [0, 0.1) is 6.92 Å². The van der Waals surface area contributed by atoms with E-state index in [-0.39, 0.29) is 12.5 Å². The fraction of sp³-hybridized carbons (Fsp3) is 0.300. The van der Waals surface area contributed by atoms with Crippen LogP contribution in [0.3, 0.4) is 0 Å². The van der Waals surface area contributed by atoms with Gasteiger partial charge >= 0.3 is 5.97 Å². The number of thioether (sulfide) groups is 1. The van der Waals surface area contributed by atoms with Crippen LogP contribution >= 0.6 is 23.4 Å². The van der Waals surface area contributed by atoms with Crippen LogP contribution in [0.1, 0.15) is 27.9 Å². The van der Waals surface area contributed by atoms with Crippen LogP contribution < -0.4 is 5.32 Å². The average Bonchev–Trinajstić information content (AvgIpc) is 2.64. The van der Waals surface area contributed by atoms with Gasteiger partial charge in [-0.25, -0.2) is 4.79 Å². The topological polar surface area (TPSA) is 55.4 Å². The van der Waals surface area contributed by atoms with Gasteiger partial charge in [0.1, 0.15) is 12.6 Å². The zero-order chi connectivity index (χ0) is 18.9. The van der Waals surface area contributed by atoms with Crippen molar-refractivity contribution < 1.29 is 14.3 Å². The lowest BCUT2D eigenvalue weighted by molar-refractivity contribution is -0.147. The molecular weight excluding hydrogens is 370 g/mol. The van der Waals surface area contributed by atoms with Gasteiger partial charge in [-0.3, -0.25) is 4.79 Å². The Bertz CT molecular complexity index is 749. The largest absolute Gasteiger partial charge is 0.459 e. The number of carbonyl (C=O) groups excluding carboxylic acids is 2. The van der Waals surface area contributed by atoms with Crippen molar-refractivity contribution in [3.8, 4) is 0 Å². The Hall–Kier alpha value is -1.98. The maximum atomic E-state index is 12.5. The van der Waals surface area contributed by atoms with Crippen molar-refractivity contribution >= 4 is 35.2 Å². The molecule has 0 saturated carbocycles. The number of hydrogen-bond acceptors (Lipinski definition) is 4. The highest BCUT2D eigenvalue weighted by Gasteiger charge is 2.22. The molecule has 0 heterocycles. The second-order valence-corrected chi connectivity index (χ2v) is 7.33. The second kappa shape index (κ2) is 10.2. The van der Waals surface area contributed by atoms with E-state index in [1.165, 1.54) is 0 Å². The summed E-state index contributed by atoms with van der Waals surface area (Å²) in [5, 5.41) is 3.42. The lowest BCUT2D eigenvalue weighted by Gasteiger charge is -2.17. The summed E-state index contributed by atoms with van der Waals surface area (Å²) in [5.41, 5.74) is 2.37. The Morgan fingerprint density at radius 2 is 1.92 bits per heavy atom. The molecule has 0 aliphatic carbocycles. The normalized spacial score (nSPS) is 11.7. The molecule has 0 spiro atoms. The van der Waals surface area contributed by atoms with Crippen LogP contribution in [-0.4, -0.2) is 29.9 Å². The molecule has 0 fully saturated rings. The summed E-state index contributed by atoms with van der Waals surface area (Å²) >= 11 is 7.47. The van der Waals surface area contributed by atoms with Gasteiger partial charge in [-0.05, 0) is 55.2 Å². The van der Waals surface area contributed by atoms with E-state index >= 15 is 0 Å². The smallest absolute Gasteiger partial charge is 0.329 e. The highest BCUT2D eigenvalue weighted by molar-refractivity contribution is 7.98. The Labute approximate surface area is 163 Å². The van der Waals surface area contributed by atoms with Crippen molar-refractivity contribution in [1.82, 2.24) is 5.32 Å². The Balaban J connectivity index is 1.99. The molecule has 1 N–H and O–H groups in total. The number of ether oxygens (including phenoxy) is 1. The van der Waals surface area contributed by atoms with Crippen LogP contribution in [0.4, 0.5) is 0 Å². The van der Waals surface area contributed by atoms with Gasteiger partial charge in [0.2, 0.25) is 0 Å². The van der Waals surface area contributed by atoms with Gasteiger partial charge < -0.3 is 10.1 Å². The van der Waals surface area contributed by atoms with Gasteiger partial charge in [-0.15, -0.1) is 0 Å². The molecule has 0 unspecified atom stereocenters. The van der Waals surface area contributed by atoms with E-state index in [1.54, 1.807) is 48.2 Å². The predicted octanol–water partition coefficient (Wildman–Crippen LogP) is 4.24. The Morgan fingerprint density at radius 3 is 2.58 bits per heavy atom. The van der Waals surface area contributed by atoms with Crippen LogP contribution in [0.2, 0.25) is 5.02 Å². The SMILES string of the molecule is CSCC[C@H](NC(=O)c1cccc(C)c1)C(=O)OCc1ccc(Cl)cc1. The molecule has 138 valence electrons. The van der Waals surface area contributed by atoms with Crippen molar-refractivity contribution in [3.05, 3.63) is 70.2 Å². The van der Waals surface area contributed by atoms with Crippen LogP contribution in [0.25, 0.3) is 0 Å². The molecule has 6 heteroatoms. The molecule has 0 aromatic heterocycles. The van der Waals surface area contributed by atoms with Gasteiger partial charge in [0.25, 0.3) is 5.91 Å². The summed E-state index contributed by atoms with van der Waals surface area (Å²) in [5.74, 6) is 0.0349.